The van der Waals surface area contributed by atoms with Crippen LogP contribution in [0, 0.1) is 93.3 Å². The van der Waals surface area contributed by atoms with Gasteiger partial charge in [-0.25, -0.2) is 0 Å². The van der Waals surface area contributed by atoms with Crippen molar-refractivity contribution >= 4 is 40.9 Å². The van der Waals surface area contributed by atoms with Gasteiger partial charge >= 0.3 is 0 Å². The van der Waals surface area contributed by atoms with Gasteiger partial charge in [0.05, 0.1) is 23.5 Å². The number of hydrogen-bond acceptors (Lipinski definition) is 3. The summed E-state index contributed by atoms with van der Waals surface area (Å²) in [4.78, 5) is 32.1. The summed E-state index contributed by atoms with van der Waals surface area (Å²) in [7, 11) is 16.4. The first-order valence-electron chi connectivity index (χ1n) is 9.98. The Hall–Kier alpha value is 2.36. The van der Waals surface area contributed by atoms with Gasteiger partial charge in [0.2, 0.25) is 0 Å². The maximum absolute atomic E-state index is 10.8. The Balaban J connectivity index is -0.0000000652. The van der Waals surface area contributed by atoms with Crippen molar-refractivity contribution in [2.45, 2.75) is 110 Å². The normalized spacial score (nSPS) is 11.8. The van der Waals surface area contributed by atoms with E-state index in [1.807, 2.05) is 41.5 Å². The maximum Gasteiger partial charge on any atom is 0.132 e. The van der Waals surface area contributed by atoms with Gasteiger partial charge in [0, 0.05) is 119 Å². The van der Waals surface area contributed by atoms with Crippen LogP contribution in [0.5, 0.6) is 0 Å². The number of rotatable bonds is 11. The van der Waals surface area contributed by atoms with Crippen LogP contribution in [0.25, 0.3) is 0 Å². The SMILES string of the molecule is [B]C(CC)C(=O)CC.[B]C(CC)CC(=O)CC.[B]C(CCC)C(=O)CC.[U].[U].[U]. The standard InChI is InChI=1S/2C7H13BO.C6H11BO.3U/c1-3-6(8)5-7(9)4-2;1-3-5-6(8)7(9)4-2;1-3-5(7)6(8)4-2;;;/h2*6H,3-5H2,1-2H3;5H,3-4H2,1-2H3;;;. The zero-order valence-corrected chi connectivity index (χ0v) is 31.8. The van der Waals surface area contributed by atoms with Crippen molar-refractivity contribution in [3.8, 4) is 0 Å². The van der Waals surface area contributed by atoms with Crippen molar-refractivity contribution in [3.05, 3.63) is 0 Å². The molecular weight excluding hydrogens is 1030 g/mol. The fourth-order valence-electron chi connectivity index (χ4n) is 1.81. The van der Waals surface area contributed by atoms with Gasteiger partial charge in [-0.05, 0) is 11.6 Å². The molecule has 0 aromatic heterocycles. The van der Waals surface area contributed by atoms with Crippen LogP contribution in [-0.4, -0.2) is 40.9 Å². The van der Waals surface area contributed by atoms with Crippen molar-refractivity contribution in [2.75, 3.05) is 0 Å². The van der Waals surface area contributed by atoms with Crippen molar-refractivity contribution < 1.29 is 108 Å². The number of carbonyl (C=O) groups is 3. The molecule has 6 radical (unpaired) electrons. The van der Waals surface area contributed by atoms with E-state index in [-0.39, 0.29) is 128 Å². The Bertz CT molecular complexity index is 387. The molecule has 0 rings (SSSR count). The number of Topliss-reactive ketones (excluding diaryl/α,β-unsaturated/α-hetero) is 3. The molecule has 3 atom stereocenters. The molecule has 156 valence electrons. The van der Waals surface area contributed by atoms with Gasteiger partial charge in [0.1, 0.15) is 17.3 Å². The van der Waals surface area contributed by atoms with Crippen LogP contribution in [0.3, 0.4) is 0 Å². The third kappa shape index (κ3) is 32.6. The Morgan fingerprint density at radius 3 is 1.31 bits per heavy atom. The Labute approximate surface area is 255 Å². The van der Waals surface area contributed by atoms with Crippen LogP contribution >= 0.6 is 0 Å². The molecule has 0 spiro atoms. The second-order valence-electron chi connectivity index (χ2n) is 6.31. The van der Waals surface area contributed by atoms with Crippen molar-refractivity contribution in [1.82, 2.24) is 0 Å². The number of hydrogen-bond donors (Lipinski definition) is 0. The van der Waals surface area contributed by atoms with E-state index in [9.17, 15) is 14.4 Å². The zero-order valence-electron chi connectivity index (χ0n) is 19.3. The molecule has 0 N–H and O–H groups in total. The van der Waals surface area contributed by atoms with Crippen molar-refractivity contribution in [2.24, 2.45) is 0 Å². The molecule has 3 nitrogen and oxygen atoms in total. The van der Waals surface area contributed by atoms with Crippen LogP contribution in [-0.2, 0) is 14.4 Å². The van der Waals surface area contributed by atoms with Gasteiger partial charge in [-0.1, -0.05) is 73.0 Å². The van der Waals surface area contributed by atoms with Crippen LogP contribution in [0.4, 0.5) is 0 Å². The summed E-state index contributed by atoms with van der Waals surface area (Å²) in [5.74, 6) is 0.256. The van der Waals surface area contributed by atoms with E-state index in [0.29, 0.717) is 25.7 Å². The molecular formula is C20H37B3O3U3. The molecule has 0 saturated carbocycles. The first kappa shape index (κ1) is 44.9. The van der Waals surface area contributed by atoms with Crippen molar-refractivity contribution in [3.63, 3.8) is 0 Å². The molecule has 0 aliphatic rings. The number of ketones is 3. The Morgan fingerprint density at radius 2 is 1.07 bits per heavy atom. The first-order valence-corrected chi connectivity index (χ1v) is 9.98. The smallest absolute Gasteiger partial charge is 0.132 e. The van der Waals surface area contributed by atoms with Crippen LogP contribution in [0.15, 0.2) is 0 Å². The van der Waals surface area contributed by atoms with E-state index in [1.165, 1.54) is 0 Å². The molecule has 0 fully saturated rings. The monoisotopic (exact) mass is 1070 g/mol. The molecule has 0 bridgehead atoms. The fourth-order valence-corrected chi connectivity index (χ4v) is 1.81. The minimum atomic E-state index is -0.222. The zero-order chi connectivity index (χ0) is 21.1. The first-order chi connectivity index (χ1) is 12.1. The minimum Gasteiger partial charge on any atom is -0.300 e. The summed E-state index contributed by atoms with van der Waals surface area (Å²) in [6, 6.07) is 0. The maximum atomic E-state index is 10.8. The number of carbonyl (C=O) groups excluding carboxylic acids is 3. The van der Waals surface area contributed by atoms with Gasteiger partial charge in [-0.3, -0.25) is 4.79 Å². The molecule has 3 unspecified atom stereocenters. The molecule has 0 saturated heterocycles. The van der Waals surface area contributed by atoms with E-state index >= 15 is 0 Å². The summed E-state index contributed by atoms with van der Waals surface area (Å²) in [5, 5.41) is 0. The Morgan fingerprint density at radius 1 is 0.655 bits per heavy atom. The molecule has 0 aliphatic carbocycles. The van der Waals surface area contributed by atoms with Gasteiger partial charge in [-0.15, -0.1) is 0 Å². The van der Waals surface area contributed by atoms with Crippen LogP contribution < -0.4 is 0 Å². The Kier molecular flexibility index (Phi) is 50.4. The second kappa shape index (κ2) is 32.5. The molecule has 0 amide bonds. The van der Waals surface area contributed by atoms with E-state index in [4.69, 9.17) is 23.5 Å². The predicted molar refractivity (Wildman–Crippen MR) is 115 cm³/mol. The molecule has 29 heavy (non-hydrogen) atoms. The quantitative estimate of drug-likeness (QED) is 0.281. The molecule has 0 aromatic rings. The third-order valence-electron chi connectivity index (χ3n) is 3.97. The van der Waals surface area contributed by atoms with Gasteiger partial charge in [-0.2, -0.15) is 0 Å². The molecule has 0 aliphatic heterocycles. The minimum absolute atomic E-state index is 0. The predicted octanol–water partition coefficient (Wildman–Crippen LogP) is 4.78. The van der Waals surface area contributed by atoms with E-state index in [1.54, 1.807) is 0 Å². The molecule has 0 heterocycles. The van der Waals surface area contributed by atoms with Crippen molar-refractivity contribution in [1.29, 1.82) is 0 Å². The topological polar surface area (TPSA) is 51.2 Å². The summed E-state index contributed by atoms with van der Waals surface area (Å²) < 4.78 is 0. The van der Waals surface area contributed by atoms with Gasteiger partial charge < -0.3 is 9.59 Å². The summed E-state index contributed by atoms with van der Waals surface area (Å²) in [5.41, 5.74) is 0. The van der Waals surface area contributed by atoms with E-state index in [0.717, 1.165) is 25.7 Å². The van der Waals surface area contributed by atoms with E-state index in [2.05, 4.69) is 0 Å². The fraction of sp³-hybridized carbons (Fsp3) is 0.850. The summed E-state index contributed by atoms with van der Waals surface area (Å²) in [6.45, 7) is 11.5. The van der Waals surface area contributed by atoms with Gasteiger partial charge in [0.25, 0.3) is 0 Å². The molecule has 9 heteroatoms. The van der Waals surface area contributed by atoms with Crippen LogP contribution in [0.1, 0.15) is 92.9 Å². The largest absolute Gasteiger partial charge is 0.300 e. The average Bonchev–Trinajstić information content (AvgIpc) is 2.66. The third-order valence-corrected chi connectivity index (χ3v) is 3.97. The average molecular weight is 1070 g/mol. The summed E-state index contributed by atoms with van der Waals surface area (Å²) in [6.07, 6.45) is 5.77. The van der Waals surface area contributed by atoms with Gasteiger partial charge in [0.15, 0.2) is 0 Å². The van der Waals surface area contributed by atoms with Crippen LogP contribution in [0.2, 0.25) is 17.5 Å². The van der Waals surface area contributed by atoms with E-state index < -0.39 is 0 Å². The second-order valence-corrected chi connectivity index (χ2v) is 6.31. The summed E-state index contributed by atoms with van der Waals surface area (Å²) >= 11 is 0. The molecule has 0 aromatic carbocycles.